The quantitative estimate of drug-likeness (QED) is 0.646. The fourth-order valence-electron chi connectivity index (χ4n) is 1.72. The number of halogens is 6. The number of nitrogens with zero attached hydrogens (tertiary/aromatic N) is 2. The van der Waals surface area contributed by atoms with Crippen LogP contribution in [0, 0.1) is 0 Å². The van der Waals surface area contributed by atoms with Crippen LogP contribution in [0.15, 0.2) is 30.9 Å². The number of alkyl halides is 6. The molecular weight excluding hydrogens is 288 g/mol. The van der Waals surface area contributed by atoms with E-state index in [1.807, 2.05) is 0 Å². The van der Waals surface area contributed by atoms with Crippen molar-refractivity contribution in [1.82, 2.24) is 9.55 Å². The van der Waals surface area contributed by atoms with Crippen molar-refractivity contribution >= 4 is 5.69 Å². The second-order valence-corrected chi connectivity index (χ2v) is 3.93. The highest BCUT2D eigenvalue weighted by molar-refractivity contribution is 5.65. The van der Waals surface area contributed by atoms with E-state index in [1.54, 1.807) is 0 Å². The molecule has 0 fully saturated rings. The topological polar surface area (TPSA) is 43.8 Å². The molecule has 0 spiro atoms. The predicted molar refractivity (Wildman–Crippen MR) is 58.0 cm³/mol. The Balaban J connectivity index is 2.75. The molecule has 0 aliphatic heterocycles. The average molecular weight is 295 g/mol. The average Bonchev–Trinajstić information content (AvgIpc) is 2.78. The van der Waals surface area contributed by atoms with Gasteiger partial charge in [0.2, 0.25) is 0 Å². The zero-order chi connectivity index (χ0) is 15.1. The lowest BCUT2D eigenvalue weighted by Crippen LogP contribution is -2.16. The maximum atomic E-state index is 12.9. The van der Waals surface area contributed by atoms with Crippen molar-refractivity contribution in [2.75, 3.05) is 5.73 Å². The fourth-order valence-corrected chi connectivity index (χ4v) is 1.72. The minimum Gasteiger partial charge on any atom is -0.397 e. The summed E-state index contributed by atoms with van der Waals surface area (Å²) in [4.78, 5) is 3.55. The third kappa shape index (κ3) is 2.56. The molecule has 3 nitrogen and oxygen atoms in total. The molecular formula is C11H7F6N3. The fraction of sp³-hybridized carbons (Fsp3) is 0.182. The molecule has 0 aliphatic carbocycles. The summed E-state index contributed by atoms with van der Waals surface area (Å²) < 4.78 is 77.4. The van der Waals surface area contributed by atoms with Crippen LogP contribution < -0.4 is 5.73 Å². The van der Waals surface area contributed by atoms with E-state index < -0.39 is 34.9 Å². The van der Waals surface area contributed by atoms with Crippen LogP contribution >= 0.6 is 0 Å². The maximum absolute atomic E-state index is 12.9. The van der Waals surface area contributed by atoms with E-state index in [2.05, 4.69) is 4.98 Å². The Kier molecular flexibility index (Phi) is 3.15. The van der Waals surface area contributed by atoms with Gasteiger partial charge in [-0.15, -0.1) is 0 Å². The maximum Gasteiger partial charge on any atom is 0.418 e. The van der Waals surface area contributed by atoms with Crippen LogP contribution in [0.5, 0.6) is 0 Å². The van der Waals surface area contributed by atoms with Gasteiger partial charge < -0.3 is 10.3 Å². The molecule has 0 saturated carbocycles. The first-order valence-electron chi connectivity index (χ1n) is 5.17. The van der Waals surface area contributed by atoms with E-state index in [9.17, 15) is 26.3 Å². The Bertz CT molecular complexity index is 612. The number of anilines is 1. The summed E-state index contributed by atoms with van der Waals surface area (Å²) >= 11 is 0. The predicted octanol–water partition coefficient (Wildman–Crippen LogP) is 3.49. The zero-order valence-electron chi connectivity index (χ0n) is 9.63. The van der Waals surface area contributed by atoms with E-state index in [0.717, 1.165) is 17.1 Å². The zero-order valence-corrected chi connectivity index (χ0v) is 9.63. The summed E-state index contributed by atoms with van der Waals surface area (Å²) in [6.45, 7) is 0. The Morgan fingerprint density at radius 1 is 1.00 bits per heavy atom. The number of imidazole rings is 1. The molecule has 0 amide bonds. The molecule has 2 aromatic rings. The van der Waals surface area contributed by atoms with Gasteiger partial charge in [-0.3, -0.25) is 0 Å². The van der Waals surface area contributed by atoms with Gasteiger partial charge in [-0.1, -0.05) is 0 Å². The Morgan fingerprint density at radius 2 is 1.65 bits per heavy atom. The van der Waals surface area contributed by atoms with Crippen molar-refractivity contribution in [2.24, 2.45) is 0 Å². The van der Waals surface area contributed by atoms with Gasteiger partial charge in [0.25, 0.3) is 0 Å². The molecule has 1 aromatic carbocycles. The number of hydrogen-bond acceptors (Lipinski definition) is 2. The third-order valence-corrected chi connectivity index (χ3v) is 2.53. The Morgan fingerprint density at radius 3 is 2.10 bits per heavy atom. The number of rotatable bonds is 1. The van der Waals surface area contributed by atoms with Crippen LogP contribution in [0.2, 0.25) is 0 Å². The molecule has 0 unspecified atom stereocenters. The number of nitrogen functional groups attached to an aromatic ring is 1. The smallest absolute Gasteiger partial charge is 0.397 e. The second-order valence-electron chi connectivity index (χ2n) is 3.93. The van der Waals surface area contributed by atoms with E-state index in [0.29, 0.717) is 6.07 Å². The lowest BCUT2D eigenvalue weighted by Gasteiger charge is -2.18. The highest BCUT2D eigenvalue weighted by atomic mass is 19.4. The summed E-state index contributed by atoms with van der Waals surface area (Å²) in [6, 6.07) is 0.496. The van der Waals surface area contributed by atoms with Crippen molar-refractivity contribution in [3.63, 3.8) is 0 Å². The molecule has 20 heavy (non-hydrogen) atoms. The first-order valence-corrected chi connectivity index (χ1v) is 5.17. The molecule has 1 aromatic heterocycles. The van der Waals surface area contributed by atoms with E-state index in [-0.39, 0.29) is 6.07 Å². The second kappa shape index (κ2) is 4.43. The molecule has 2 N–H and O–H groups in total. The summed E-state index contributed by atoms with van der Waals surface area (Å²) in [7, 11) is 0. The van der Waals surface area contributed by atoms with Gasteiger partial charge >= 0.3 is 12.4 Å². The van der Waals surface area contributed by atoms with Crippen LogP contribution in [0.1, 0.15) is 11.1 Å². The molecule has 0 atom stereocenters. The largest absolute Gasteiger partial charge is 0.418 e. The summed E-state index contributed by atoms with van der Waals surface area (Å²) in [5.41, 5.74) is 1.22. The highest BCUT2D eigenvalue weighted by Gasteiger charge is 2.39. The van der Waals surface area contributed by atoms with Gasteiger partial charge in [0, 0.05) is 12.4 Å². The van der Waals surface area contributed by atoms with Crippen molar-refractivity contribution in [2.45, 2.75) is 12.4 Å². The van der Waals surface area contributed by atoms with Crippen molar-refractivity contribution in [3.8, 4) is 5.69 Å². The summed E-state index contributed by atoms with van der Waals surface area (Å²) in [5, 5.41) is 0. The van der Waals surface area contributed by atoms with Crippen molar-refractivity contribution < 1.29 is 26.3 Å². The monoisotopic (exact) mass is 295 g/mol. The molecule has 2 rings (SSSR count). The molecule has 9 heteroatoms. The normalized spacial score (nSPS) is 12.7. The van der Waals surface area contributed by atoms with Crippen LogP contribution in [0.4, 0.5) is 32.0 Å². The number of benzene rings is 1. The van der Waals surface area contributed by atoms with Crippen LogP contribution in [-0.2, 0) is 12.4 Å². The van der Waals surface area contributed by atoms with E-state index in [4.69, 9.17) is 5.73 Å². The SMILES string of the molecule is Nc1cc(C(F)(F)F)cc(C(F)(F)F)c1-n1ccnc1. The minimum absolute atomic E-state index is 0.0334. The number of hydrogen-bond donors (Lipinski definition) is 1. The standard InChI is InChI=1S/C11H7F6N3/c12-10(13,14)6-3-7(11(15,16)17)9(8(18)4-6)20-2-1-19-5-20/h1-5H,18H2. The summed E-state index contributed by atoms with van der Waals surface area (Å²) in [5.74, 6) is 0. The first kappa shape index (κ1) is 14.2. The van der Waals surface area contributed by atoms with Crippen LogP contribution in [0.3, 0.4) is 0 Å². The highest BCUT2D eigenvalue weighted by Crippen LogP contribution is 2.41. The van der Waals surface area contributed by atoms with Gasteiger partial charge in [0.15, 0.2) is 0 Å². The first-order chi connectivity index (χ1) is 9.10. The van der Waals surface area contributed by atoms with Gasteiger partial charge in [-0.25, -0.2) is 4.98 Å². The molecule has 0 radical (unpaired) electrons. The third-order valence-electron chi connectivity index (χ3n) is 2.53. The molecule has 0 saturated heterocycles. The van der Waals surface area contributed by atoms with E-state index in [1.165, 1.54) is 6.20 Å². The van der Waals surface area contributed by atoms with Crippen LogP contribution in [0.25, 0.3) is 5.69 Å². The molecule has 0 bridgehead atoms. The van der Waals surface area contributed by atoms with Crippen molar-refractivity contribution in [3.05, 3.63) is 42.0 Å². The Labute approximate surface area is 108 Å². The molecule has 1 heterocycles. The summed E-state index contributed by atoms with van der Waals surface area (Å²) in [6.07, 6.45) is -6.52. The van der Waals surface area contributed by atoms with Gasteiger partial charge in [-0.2, -0.15) is 26.3 Å². The number of aromatic nitrogens is 2. The molecule has 0 aliphatic rings. The lowest BCUT2D eigenvalue weighted by molar-refractivity contribution is -0.142. The number of nitrogens with two attached hydrogens (primary N) is 1. The van der Waals surface area contributed by atoms with Gasteiger partial charge in [0.05, 0.1) is 28.8 Å². The van der Waals surface area contributed by atoms with Crippen LogP contribution in [-0.4, -0.2) is 9.55 Å². The Hall–Kier alpha value is -2.19. The van der Waals surface area contributed by atoms with Gasteiger partial charge in [-0.05, 0) is 12.1 Å². The lowest BCUT2D eigenvalue weighted by atomic mass is 10.1. The van der Waals surface area contributed by atoms with E-state index >= 15 is 0 Å². The molecule has 108 valence electrons. The minimum atomic E-state index is -4.98. The van der Waals surface area contributed by atoms with Crippen molar-refractivity contribution in [1.29, 1.82) is 0 Å². The van der Waals surface area contributed by atoms with Gasteiger partial charge in [0.1, 0.15) is 0 Å².